The molecule has 0 aliphatic rings. The van der Waals surface area contributed by atoms with Gasteiger partial charge in [-0.05, 0) is 29.8 Å². The van der Waals surface area contributed by atoms with Crippen molar-refractivity contribution >= 4 is 5.78 Å². The molecule has 2 nitrogen and oxygen atoms in total. The van der Waals surface area contributed by atoms with Crippen LogP contribution in [0.3, 0.4) is 0 Å². The lowest BCUT2D eigenvalue weighted by Gasteiger charge is -2.12. The minimum atomic E-state index is -0.311. The van der Waals surface area contributed by atoms with Gasteiger partial charge in [-0.3, -0.25) is 4.79 Å². The van der Waals surface area contributed by atoms with Gasteiger partial charge in [-0.2, -0.15) is 0 Å². The second-order valence-corrected chi connectivity index (χ2v) is 4.22. The summed E-state index contributed by atoms with van der Waals surface area (Å²) in [4.78, 5) is 12.5. The molecule has 2 heteroatoms. The quantitative estimate of drug-likeness (QED) is 0.597. The lowest BCUT2D eigenvalue weighted by Crippen LogP contribution is -2.10. The average Bonchev–Trinajstić information content (AvgIpc) is 2.49. The van der Waals surface area contributed by atoms with E-state index in [1.54, 1.807) is 37.5 Å². The van der Waals surface area contributed by atoms with E-state index >= 15 is 0 Å². The molecule has 0 spiro atoms. The molecule has 1 unspecified atom stereocenters. The molecule has 19 heavy (non-hydrogen) atoms. The number of ether oxygens (including phenoxy) is 1. The summed E-state index contributed by atoms with van der Waals surface area (Å²) in [6.45, 7) is 3.77. The normalized spacial score (nSPS) is 11.6. The highest BCUT2D eigenvalue weighted by Gasteiger charge is 2.18. The SMILES string of the molecule is C=CC(C(=O)c1ccc(OC)cc1)c1ccccc1. The van der Waals surface area contributed by atoms with Gasteiger partial charge in [-0.25, -0.2) is 0 Å². The Morgan fingerprint density at radius 2 is 1.74 bits per heavy atom. The van der Waals surface area contributed by atoms with Gasteiger partial charge in [0.1, 0.15) is 5.75 Å². The zero-order chi connectivity index (χ0) is 13.7. The zero-order valence-corrected chi connectivity index (χ0v) is 10.9. The summed E-state index contributed by atoms with van der Waals surface area (Å²) < 4.78 is 5.09. The van der Waals surface area contributed by atoms with E-state index in [0.717, 1.165) is 11.3 Å². The van der Waals surface area contributed by atoms with E-state index < -0.39 is 0 Å². The van der Waals surface area contributed by atoms with Crippen molar-refractivity contribution in [2.45, 2.75) is 5.92 Å². The molecule has 0 aromatic heterocycles. The Morgan fingerprint density at radius 1 is 1.11 bits per heavy atom. The van der Waals surface area contributed by atoms with E-state index in [1.807, 2.05) is 30.3 Å². The summed E-state index contributed by atoms with van der Waals surface area (Å²) in [6.07, 6.45) is 1.68. The first-order valence-corrected chi connectivity index (χ1v) is 6.12. The Hall–Kier alpha value is -2.35. The minimum absolute atomic E-state index is 0.0452. The van der Waals surface area contributed by atoms with Crippen LogP contribution >= 0.6 is 0 Å². The van der Waals surface area contributed by atoms with Crippen LogP contribution in [0.2, 0.25) is 0 Å². The van der Waals surface area contributed by atoms with Crippen LogP contribution in [0.5, 0.6) is 5.75 Å². The third kappa shape index (κ3) is 2.91. The largest absolute Gasteiger partial charge is 0.497 e. The van der Waals surface area contributed by atoms with E-state index in [2.05, 4.69) is 6.58 Å². The molecule has 0 fully saturated rings. The van der Waals surface area contributed by atoms with Crippen molar-refractivity contribution in [3.05, 3.63) is 78.4 Å². The van der Waals surface area contributed by atoms with Crippen LogP contribution < -0.4 is 4.74 Å². The van der Waals surface area contributed by atoms with Gasteiger partial charge < -0.3 is 4.74 Å². The highest BCUT2D eigenvalue weighted by Crippen LogP contribution is 2.23. The average molecular weight is 252 g/mol. The van der Waals surface area contributed by atoms with Crippen LogP contribution in [0.1, 0.15) is 21.8 Å². The number of ketones is 1. The van der Waals surface area contributed by atoms with Crippen LogP contribution in [-0.4, -0.2) is 12.9 Å². The van der Waals surface area contributed by atoms with Gasteiger partial charge >= 0.3 is 0 Å². The fourth-order valence-electron chi connectivity index (χ4n) is 1.99. The molecule has 2 aromatic carbocycles. The summed E-state index contributed by atoms with van der Waals surface area (Å²) in [5.41, 5.74) is 1.62. The number of rotatable bonds is 5. The number of hydrogen-bond acceptors (Lipinski definition) is 2. The molecule has 96 valence electrons. The van der Waals surface area contributed by atoms with Crippen molar-refractivity contribution in [2.24, 2.45) is 0 Å². The van der Waals surface area contributed by atoms with Crippen LogP contribution in [0.25, 0.3) is 0 Å². The standard InChI is InChI=1S/C17H16O2/c1-3-16(13-7-5-4-6-8-13)17(18)14-9-11-15(19-2)12-10-14/h3-12,16H,1H2,2H3. The van der Waals surface area contributed by atoms with Crippen molar-refractivity contribution in [3.8, 4) is 5.75 Å². The first kappa shape index (κ1) is 13.1. The fourth-order valence-corrected chi connectivity index (χ4v) is 1.99. The third-order valence-electron chi connectivity index (χ3n) is 3.05. The van der Waals surface area contributed by atoms with Crippen LogP contribution in [0.4, 0.5) is 0 Å². The Kier molecular flexibility index (Phi) is 4.14. The molecule has 0 saturated heterocycles. The molecule has 0 saturated carbocycles. The Bertz CT molecular complexity index is 556. The highest BCUT2D eigenvalue weighted by molar-refractivity contribution is 6.02. The molecule has 0 heterocycles. The molecular formula is C17H16O2. The Morgan fingerprint density at radius 3 is 2.26 bits per heavy atom. The van der Waals surface area contributed by atoms with Gasteiger partial charge in [-0.1, -0.05) is 36.4 Å². The Labute approximate surface area is 113 Å². The lowest BCUT2D eigenvalue weighted by molar-refractivity contribution is 0.0976. The number of hydrogen-bond donors (Lipinski definition) is 0. The maximum Gasteiger partial charge on any atom is 0.174 e. The number of methoxy groups -OCH3 is 1. The van der Waals surface area contributed by atoms with E-state index in [0.29, 0.717) is 5.56 Å². The maximum atomic E-state index is 12.5. The smallest absolute Gasteiger partial charge is 0.174 e. The summed E-state index contributed by atoms with van der Waals surface area (Å²) >= 11 is 0. The van der Waals surface area contributed by atoms with Gasteiger partial charge in [0.15, 0.2) is 5.78 Å². The van der Waals surface area contributed by atoms with Gasteiger partial charge in [-0.15, -0.1) is 6.58 Å². The molecule has 2 aromatic rings. The van der Waals surface area contributed by atoms with Gasteiger partial charge in [0.05, 0.1) is 13.0 Å². The van der Waals surface area contributed by atoms with Crippen molar-refractivity contribution in [1.29, 1.82) is 0 Å². The monoisotopic (exact) mass is 252 g/mol. The lowest BCUT2D eigenvalue weighted by atomic mass is 9.91. The molecule has 0 aliphatic carbocycles. The van der Waals surface area contributed by atoms with Crippen LogP contribution in [-0.2, 0) is 0 Å². The van der Waals surface area contributed by atoms with Crippen molar-refractivity contribution in [2.75, 3.05) is 7.11 Å². The maximum absolute atomic E-state index is 12.5. The summed E-state index contributed by atoms with van der Waals surface area (Å²) in [7, 11) is 1.60. The second-order valence-electron chi connectivity index (χ2n) is 4.22. The second kappa shape index (κ2) is 6.01. The highest BCUT2D eigenvalue weighted by atomic mass is 16.5. The number of Topliss-reactive ketones (excluding diaryl/α,β-unsaturated/α-hetero) is 1. The predicted molar refractivity (Wildman–Crippen MR) is 76.7 cm³/mol. The molecule has 1 atom stereocenters. The van der Waals surface area contributed by atoms with E-state index in [-0.39, 0.29) is 11.7 Å². The molecule has 0 N–H and O–H groups in total. The number of benzene rings is 2. The fraction of sp³-hybridized carbons (Fsp3) is 0.118. The number of carbonyl (C=O) groups is 1. The van der Waals surface area contributed by atoms with Crippen LogP contribution in [0.15, 0.2) is 67.3 Å². The molecule has 0 bridgehead atoms. The zero-order valence-electron chi connectivity index (χ0n) is 10.9. The van der Waals surface area contributed by atoms with E-state index in [4.69, 9.17) is 4.74 Å². The first-order chi connectivity index (χ1) is 9.26. The summed E-state index contributed by atoms with van der Waals surface area (Å²) in [5, 5.41) is 0. The summed E-state index contributed by atoms with van der Waals surface area (Å²) in [5.74, 6) is 0.477. The molecule has 0 aliphatic heterocycles. The first-order valence-electron chi connectivity index (χ1n) is 6.12. The van der Waals surface area contributed by atoms with E-state index in [1.165, 1.54) is 0 Å². The van der Waals surface area contributed by atoms with Crippen molar-refractivity contribution in [3.63, 3.8) is 0 Å². The number of allylic oxidation sites excluding steroid dienone is 1. The minimum Gasteiger partial charge on any atom is -0.497 e. The predicted octanol–water partition coefficient (Wildman–Crippen LogP) is 3.85. The third-order valence-corrected chi connectivity index (χ3v) is 3.05. The number of carbonyl (C=O) groups excluding carboxylic acids is 1. The van der Waals surface area contributed by atoms with Gasteiger partial charge in [0.2, 0.25) is 0 Å². The van der Waals surface area contributed by atoms with Gasteiger partial charge in [0.25, 0.3) is 0 Å². The van der Waals surface area contributed by atoms with Gasteiger partial charge in [0, 0.05) is 5.56 Å². The molecule has 2 rings (SSSR count). The Balaban J connectivity index is 2.28. The van der Waals surface area contributed by atoms with Crippen molar-refractivity contribution < 1.29 is 9.53 Å². The molecule has 0 radical (unpaired) electrons. The van der Waals surface area contributed by atoms with Crippen LogP contribution in [0, 0.1) is 0 Å². The molecular weight excluding hydrogens is 236 g/mol. The topological polar surface area (TPSA) is 26.3 Å². The summed E-state index contributed by atoms with van der Waals surface area (Å²) in [6, 6.07) is 16.8. The molecule has 0 amide bonds. The van der Waals surface area contributed by atoms with Crippen molar-refractivity contribution in [1.82, 2.24) is 0 Å². The van der Waals surface area contributed by atoms with E-state index in [9.17, 15) is 4.79 Å².